The summed E-state index contributed by atoms with van der Waals surface area (Å²) < 4.78 is 28.4. The van der Waals surface area contributed by atoms with Gasteiger partial charge in [0.2, 0.25) is 0 Å². The van der Waals surface area contributed by atoms with Crippen LogP contribution in [0.1, 0.15) is 10.4 Å². The number of ketones is 1. The van der Waals surface area contributed by atoms with Crippen LogP contribution in [0, 0.1) is 5.82 Å². The quantitative estimate of drug-likeness (QED) is 0.626. The van der Waals surface area contributed by atoms with Gasteiger partial charge in [-0.3, -0.25) is 9.59 Å². The molecule has 0 atom stereocenters. The molecule has 2 aromatic carbocycles. The topological polar surface area (TPSA) is 90.9 Å². The van der Waals surface area contributed by atoms with Gasteiger partial charge >= 0.3 is 5.97 Å². The first kappa shape index (κ1) is 17.4. The molecule has 0 unspecified atom stereocenters. The van der Waals surface area contributed by atoms with Gasteiger partial charge in [0.1, 0.15) is 5.75 Å². The molecule has 0 aliphatic carbocycles. The summed E-state index contributed by atoms with van der Waals surface area (Å²) in [4.78, 5) is 35.1. The van der Waals surface area contributed by atoms with Gasteiger partial charge in [0.05, 0.1) is 5.69 Å². The van der Waals surface area contributed by atoms with Gasteiger partial charge in [0.25, 0.3) is 5.91 Å². The number of esters is 1. The Hall–Kier alpha value is -3.42. The highest BCUT2D eigenvalue weighted by Crippen LogP contribution is 2.28. The number of para-hydroxylation sites is 1. The number of halogens is 1. The van der Waals surface area contributed by atoms with Crippen LogP contribution < -0.4 is 14.8 Å². The monoisotopic (exact) mass is 359 g/mol. The Balaban J connectivity index is 1.52. The van der Waals surface area contributed by atoms with Crippen molar-refractivity contribution in [2.45, 2.75) is 0 Å². The van der Waals surface area contributed by atoms with Crippen molar-refractivity contribution in [1.82, 2.24) is 0 Å². The van der Waals surface area contributed by atoms with Crippen molar-refractivity contribution >= 4 is 23.3 Å². The molecule has 2 aromatic rings. The third-order valence-corrected chi connectivity index (χ3v) is 3.48. The molecule has 3 rings (SSSR count). The molecule has 0 saturated heterocycles. The zero-order chi connectivity index (χ0) is 18.5. The Morgan fingerprint density at radius 3 is 2.77 bits per heavy atom. The fourth-order valence-electron chi connectivity index (χ4n) is 2.23. The number of carbonyl (C=O) groups is 3. The summed E-state index contributed by atoms with van der Waals surface area (Å²) in [6, 6.07) is 10.1. The maximum absolute atomic E-state index is 13.4. The van der Waals surface area contributed by atoms with E-state index < -0.39 is 30.8 Å². The molecule has 7 nitrogen and oxygen atoms in total. The molecule has 1 aliphatic heterocycles. The van der Waals surface area contributed by atoms with E-state index in [1.807, 2.05) is 0 Å². The van der Waals surface area contributed by atoms with Crippen LogP contribution >= 0.6 is 0 Å². The lowest BCUT2D eigenvalue weighted by Crippen LogP contribution is -2.25. The summed E-state index contributed by atoms with van der Waals surface area (Å²) in [6.45, 7) is -1.12. The first-order valence-corrected chi connectivity index (χ1v) is 7.66. The fraction of sp³-hybridized carbons (Fsp3) is 0.167. The smallest absolute Gasteiger partial charge is 0.344 e. The predicted molar refractivity (Wildman–Crippen MR) is 87.8 cm³/mol. The van der Waals surface area contributed by atoms with Gasteiger partial charge in [0, 0.05) is 5.56 Å². The number of rotatable bonds is 6. The zero-order valence-corrected chi connectivity index (χ0v) is 13.5. The lowest BCUT2D eigenvalue weighted by atomic mass is 10.1. The van der Waals surface area contributed by atoms with Gasteiger partial charge in [-0.05, 0) is 30.3 Å². The van der Waals surface area contributed by atoms with Crippen molar-refractivity contribution < 1.29 is 33.0 Å². The molecule has 1 N–H and O–H groups in total. The number of carbonyl (C=O) groups excluding carboxylic acids is 3. The van der Waals surface area contributed by atoms with Crippen molar-refractivity contribution in [3.8, 4) is 11.5 Å². The molecule has 0 radical (unpaired) electrons. The van der Waals surface area contributed by atoms with Gasteiger partial charge in [-0.1, -0.05) is 12.1 Å². The molecule has 8 heteroatoms. The van der Waals surface area contributed by atoms with E-state index in [-0.39, 0.29) is 23.8 Å². The minimum absolute atomic E-state index is 0.0822. The average Bonchev–Trinajstić information content (AvgIpc) is 2.64. The van der Waals surface area contributed by atoms with E-state index in [4.69, 9.17) is 14.2 Å². The Bertz CT molecular complexity index is 867. The molecule has 1 amide bonds. The number of benzene rings is 2. The van der Waals surface area contributed by atoms with Crippen molar-refractivity contribution in [3.63, 3.8) is 0 Å². The van der Waals surface area contributed by atoms with Crippen molar-refractivity contribution in [1.29, 1.82) is 0 Å². The number of Topliss-reactive ketones (excluding diaryl/α,β-unsaturated/α-hetero) is 1. The van der Waals surface area contributed by atoms with E-state index in [0.717, 1.165) is 0 Å². The van der Waals surface area contributed by atoms with Crippen LogP contribution in [0.2, 0.25) is 0 Å². The van der Waals surface area contributed by atoms with Gasteiger partial charge in [0.15, 0.2) is 37.2 Å². The highest BCUT2D eigenvalue weighted by atomic mass is 19.1. The minimum atomic E-state index is -0.809. The second-order valence-electron chi connectivity index (χ2n) is 5.35. The Morgan fingerprint density at radius 2 is 1.96 bits per heavy atom. The maximum Gasteiger partial charge on any atom is 0.344 e. The number of amides is 1. The SMILES string of the molecule is O=C1COc2ccc(C(=O)COC(=O)COc3ccccc3F)cc2N1. The average molecular weight is 359 g/mol. The van der Waals surface area contributed by atoms with Crippen LogP contribution in [0.4, 0.5) is 10.1 Å². The summed E-state index contributed by atoms with van der Waals surface area (Å²) in [6.07, 6.45) is 0. The molecule has 0 spiro atoms. The van der Waals surface area contributed by atoms with E-state index in [2.05, 4.69) is 5.32 Å². The van der Waals surface area contributed by atoms with Gasteiger partial charge in [-0.2, -0.15) is 0 Å². The molecular weight excluding hydrogens is 345 g/mol. The highest BCUT2D eigenvalue weighted by Gasteiger charge is 2.18. The number of hydrogen-bond donors (Lipinski definition) is 1. The lowest BCUT2D eigenvalue weighted by molar-refractivity contribution is -0.144. The molecular formula is C18H14FNO6. The Labute approximate surface area is 147 Å². The summed E-state index contributed by atoms with van der Waals surface area (Å²) >= 11 is 0. The summed E-state index contributed by atoms with van der Waals surface area (Å²) in [5.41, 5.74) is 0.624. The third kappa shape index (κ3) is 4.15. The molecule has 134 valence electrons. The molecule has 1 aliphatic rings. The van der Waals surface area contributed by atoms with Crippen molar-refractivity contribution in [3.05, 3.63) is 53.8 Å². The van der Waals surface area contributed by atoms with E-state index in [1.165, 1.54) is 30.3 Å². The normalized spacial score (nSPS) is 12.4. The molecule has 0 saturated carbocycles. The minimum Gasteiger partial charge on any atom is -0.482 e. The number of nitrogens with one attached hydrogen (secondary N) is 1. The number of anilines is 1. The Kier molecular flexibility index (Phi) is 5.12. The second kappa shape index (κ2) is 7.64. The van der Waals surface area contributed by atoms with Crippen LogP contribution in [-0.2, 0) is 14.3 Å². The van der Waals surface area contributed by atoms with Gasteiger partial charge in [-0.25, -0.2) is 9.18 Å². The first-order chi connectivity index (χ1) is 12.5. The summed E-state index contributed by atoms with van der Waals surface area (Å²) in [5.74, 6) is -1.82. The first-order valence-electron chi connectivity index (χ1n) is 7.66. The highest BCUT2D eigenvalue weighted by molar-refractivity contribution is 6.01. The number of ether oxygens (including phenoxy) is 3. The second-order valence-corrected chi connectivity index (χ2v) is 5.35. The van der Waals surface area contributed by atoms with E-state index in [0.29, 0.717) is 11.4 Å². The standard InChI is InChI=1S/C18H14FNO6/c19-12-3-1-2-4-15(12)25-10-18(23)26-8-14(21)11-5-6-16-13(7-11)20-17(22)9-24-16/h1-7H,8-10H2,(H,20,22). The van der Waals surface area contributed by atoms with Crippen molar-refractivity contribution in [2.24, 2.45) is 0 Å². The number of fused-ring (bicyclic) bond motifs is 1. The van der Waals surface area contributed by atoms with Crippen molar-refractivity contribution in [2.75, 3.05) is 25.1 Å². The molecule has 0 fully saturated rings. The Morgan fingerprint density at radius 1 is 1.15 bits per heavy atom. The fourth-order valence-corrected chi connectivity index (χ4v) is 2.23. The van der Waals surface area contributed by atoms with Gasteiger partial charge in [-0.15, -0.1) is 0 Å². The van der Waals surface area contributed by atoms with Gasteiger partial charge < -0.3 is 19.5 Å². The predicted octanol–water partition coefficient (Wildman–Crippen LogP) is 1.96. The molecule has 0 bridgehead atoms. The van der Waals surface area contributed by atoms with E-state index in [1.54, 1.807) is 12.1 Å². The van der Waals surface area contributed by atoms with Crippen LogP contribution in [0.5, 0.6) is 11.5 Å². The zero-order valence-electron chi connectivity index (χ0n) is 13.5. The third-order valence-electron chi connectivity index (χ3n) is 3.48. The largest absolute Gasteiger partial charge is 0.482 e. The van der Waals surface area contributed by atoms with E-state index >= 15 is 0 Å². The number of hydrogen-bond acceptors (Lipinski definition) is 6. The van der Waals surface area contributed by atoms with E-state index in [9.17, 15) is 18.8 Å². The molecule has 26 heavy (non-hydrogen) atoms. The van der Waals surface area contributed by atoms with Crippen LogP contribution in [0.25, 0.3) is 0 Å². The molecule has 1 heterocycles. The summed E-state index contributed by atoms with van der Waals surface area (Å²) in [5, 5.41) is 2.58. The lowest BCUT2D eigenvalue weighted by Gasteiger charge is -2.18. The van der Waals surface area contributed by atoms with Crippen LogP contribution in [0.15, 0.2) is 42.5 Å². The maximum atomic E-state index is 13.4. The summed E-state index contributed by atoms with van der Waals surface area (Å²) in [7, 11) is 0. The van der Waals surface area contributed by atoms with Crippen LogP contribution in [-0.4, -0.2) is 37.5 Å². The van der Waals surface area contributed by atoms with Crippen LogP contribution in [0.3, 0.4) is 0 Å². The molecule has 0 aromatic heterocycles.